The smallest absolute Gasteiger partial charge is 0.326 e. The molecule has 13 heteroatoms. The molecule has 188 valence electrons. The molecule has 0 spiro atoms. The number of aromatic amines is 1. The normalized spacial score (nSPS) is 18.2. The van der Waals surface area contributed by atoms with Crippen LogP contribution in [0.4, 0.5) is 0 Å². The van der Waals surface area contributed by atoms with E-state index in [0.29, 0.717) is 18.5 Å². The molecule has 3 amide bonds. The lowest BCUT2D eigenvalue weighted by Gasteiger charge is -2.31. The summed E-state index contributed by atoms with van der Waals surface area (Å²) < 4.78 is 0. The van der Waals surface area contributed by atoms with Crippen LogP contribution in [0.3, 0.4) is 0 Å². The molecule has 1 saturated heterocycles. The van der Waals surface area contributed by atoms with Gasteiger partial charge in [-0.05, 0) is 25.2 Å². The molecule has 1 fully saturated rings. The molecular formula is C21H32N6O7. The maximum absolute atomic E-state index is 13.3. The Morgan fingerprint density at radius 3 is 2.50 bits per heavy atom. The highest BCUT2D eigenvalue weighted by atomic mass is 16.4. The van der Waals surface area contributed by atoms with Gasteiger partial charge in [0.25, 0.3) is 0 Å². The Kier molecular flexibility index (Phi) is 9.54. The molecule has 0 bridgehead atoms. The number of aliphatic carboxylic acids is 2. The number of carboxylic acid groups (broad SMARTS) is 2. The molecule has 1 aliphatic rings. The number of hydrogen-bond donors (Lipinski definition) is 6. The lowest BCUT2D eigenvalue weighted by Crippen LogP contribution is -2.58. The van der Waals surface area contributed by atoms with E-state index >= 15 is 0 Å². The number of nitrogens with two attached hydrogens (primary N) is 1. The van der Waals surface area contributed by atoms with E-state index in [1.54, 1.807) is 13.8 Å². The lowest BCUT2D eigenvalue weighted by atomic mass is 10.0. The molecule has 0 saturated carbocycles. The molecule has 34 heavy (non-hydrogen) atoms. The van der Waals surface area contributed by atoms with Gasteiger partial charge in [-0.25, -0.2) is 9.78 Å². The van der Waals surface area contributed by atoms with Crippen LogP contribution in [0.15, 0.2) is 12.5 Å². The van der Waals surface area contributed by atoms with Crippen molar-refractivity contribution in [2.24, 2.45) is 11.7 Å². The topological polar surface area (TPSA) is 208 Å². The Labute approximate surface area is 196 Å². The molecular weight excluding hydrogens is 448 g/mol. The van der Waals surface area contributed by atoms with Gasteiger partial charge in [0.15, 0.2) is 0 Å². The summed E-state index contributed by atoms with van der Waals surface area (Å²) in [6.07, 6.45) is 3.39. The van der Waals surface area contributed by atoms with Crippen molar-refractivity contribution in [3.8, 4) is 0 Å². The predicted octanol–water partition coefficient (Wildman–Crippen LogP) is -1.15. The van der Waals surface area contributed by atoms with Gasteiger partial charge in [-0.1, -0.05) is 13.8 Å². The zero-order valence-electron chi connectivity index (χ0n) is 19.2. The number of carboxylic acids is 2. The number of carbonyl (C=O) groups is 5. The maximum Gasteiger partial charge on any atom is 0.326 e. The summed E-state index contributed by atoms with van der Waals surface area (Å²) in [5, 5.41) is 23.3. The summed E-state index contributed by atoms with van der Waals surface area (Å²) >= 11 is 0. The fraction of sp³-hybridized carbons (Fsp3) is 0.619. The van der Waals surface area contributed by atoms with Gasteiger partial charge in [0.2, 0.25) is 17.7 Å². The zero-order valence-corrected chi connectivity index (χ0v) is 19.2. The van der Waals surface area contributed by atoms with E-state index in [4.69, 9.17) is 10.8 Å². The Bertz CT molecular complexity index is 888. The number of likely N-dealkylation sites (tertiary alicyclic amines) is 1. The molecule has 1 aliphatic heterocycles. The summed E-state index contributed by atoms with van der Waals surface area (Å²) in [5.74, 6) is -4.37. The number of imidazole rings is 1. The van der Waals surface area contributed by atoms with Gasteiger partial charge in [-0.2, -0.15) is 0 Å². The van der Waals surface area contributed by atoms with Crippen LogP contribution in [-0.4, -0.2) is 85.5 Å². The molecule has 4 atom stereocenters. The highest BCUT2D eigenvalue weighted by Gasteiger charge is 2.40. The molecule has 2 rings (SSSR count). The quantitative estimate of drug-likeness (QED) is 0.213. The summed E-state index contributed by atoms with van der Waals surface area (Å²) in [7, 11) is 0. The van der Waals surface area contributed by atoms with Crippen molar-refractivity contribution >= 4 is 29.7 Å². The molecule has 0 aliphatic carbocycles. The third-order valence-corrected chi connectivity index (χ3v) is 5.67. The lowest BCUT2D eigenvalue weighted by molar-refractivity contribution is -0.145. The minimum atomic E-state index is -1.22. The molecule has 1 aromatic heterocycles. The fourth-order valence-corrected chi connectivity index (χ4v) is 3.75. The standard InChI is InChI=1S/C21H32N6O7/c1-11(2)17(26-18(30)13(22)5-6-16(28)29)20(32)27-7-3-4-15(27)19(31)25-14(21(33)34)8-12-9-23-10-24-12/h9-11,13-15,17H,3-8,22H2,1-2H3,(H,23,24)(H,25,31)(H,26,30)(H,28,29)(H,33,34). The van der Waals surface area contributed by atoms with E-state index < -0.39 is 53.8 Å². The van der Waals surface area contributed by atoms with Crippen LogP contribution in [-0.2, 0) is 30.4 Å². The van der Waals surface area contributed by atoms with E-state index in [2.05, 4.69) is 20.6 Å². The third kappa shape index (κ3) is 7.27. The average Bonchev–Trinajstić information content (AvgIpc) is 3.46. The minimum absolute atomic E-state index is 0.000642. The van der Waals surface area contributed by atoms with Crippen molar-refractivity contribution < 1.29 is 34.2 Å². The SMILES string of the molecule is CC(C)C(NC(=O)C(N)CCC(=O)O)C(=O)N1CCCC1C(=O)NC(Cc1cnc[nH]1)C(=O)O. The van der Waals surface area contributed by atoms with Crippen LogP contribution in [0, 0.1) is 5.92 Å². The molecule has 0 radical (unpaired) electrons. The second kappa shape index (κ2) is 12.1. The number of aromatic nitrogens is 2. The van der Waals surface area contributed by atoms with Crippen molar-refractivity contribution in [3.63, 3.8) is 0 Å². The number of rotatable bonds is 12. The number of carbonyl (C=O) groups excluding carboxylic acids is 3. The molecule has 4 unspecified atom stereocenters. The van der Waals surface area contributed by atoms with Gasteiger partial charge in [-0.3, -0.25) is 19.2 Å². The van der Waals surface area contributed by atoms with Crippen molar-refractivity contribution in [3.05, 3.63) is 18.2 Å². The first-order valence-corrected chi connectivity index (χ1v) is 11.1. The molecule has 13 nitrogen and oxygen atoms in total. The van der Waals surface area contributed by atoms with E-state index in [1.165, 1.54) is 17.4 Å². The van der Waals surface area contributed by atoms with Crippen molar-refractivity contribution in [2.75, 3.05) is 6.54 Å². The molecule has 1 aromatic rings. The summed E-state index contributed by atoms with van der Waals surface area (Å²) in [5.41, 5.74) is 6.29. The van der Waals surface area contributed by atoms with Gasteiger partial charge >= 0.3 is 11.9 Å². The van der Waals surface area contributed by atoms with Crippen molar-refractivity contribution in [1.29, 1.82) is 0 Å². The van der Waals surface area contributed by atoms with Crippen LogP contribution in [0.5, 0.6) is 0 Å². The van der Waals surface area contributed by atoms with Crippen LogP contribution >= 0.6 is 0 Å². The fourth-order valence-electron chi connectivity index (χ4n) is 3.75. The largest absolute Gasteiger partial charge is 0.481 e. The van der Waals surface area contributed by atoms with Gasteiger partial charge in [0.1, 0.15) is 18.1 Å². The van der Waals surface area contributed by atoms with Gasteiger partial charge in [0.05, 0.1) is 12.4 Å². The van der Waals surface area contributed by atoms with Crippen molar-refractivity contribution in [1.82, 2.24) is 25.5 Å². The zero-order chi connectivity index (χ0) is 25.4. The highest BCUT2D eigenvalue weighted by Crippen LogP contribution is 2.21. The van der Waals surface area contributed by atoms with Crippen molar-refractivity contribution in [2.45, 2.75) is 70.1 Å². The summed E-state index contributed by atoms with van der Waals surface area (Å²) in [6, 6.07) is -4.16. The van der Waals surface area contributed by atoms with Crippen LogP contribution in [0.1, 0.15) is 45.2 Å². The van der Waals surface area contributed by atoms with Crippen LogP contribution in [0.2, 0.25) is 0 Å². The van der Waals surface area contributed by atoms with Crippen LogP contribution in [0.25, 0.3) is 0 Å². The Hall–Kier alpha value is -3.48. The minimum Gasteiger partial charge on any atom is -0.481 e. The molecule has 7 N–H and O–H groups in total. The van der Waals surface area contributed by atoms with E-state index in [0.717, 1.165) is 0 Å². The molecule has 0 aromatic carbocycles. The number of hydrogen-bond acceptors (Lipinski definition) is 7. The number of nitrogens with zero attached hydrogens (tertiary/aromatic N) is 2. The Balaban J connectivity index is 2.07. The number of amides is 3. The highest BCUT2D eigenvalue weighted by molar-refractivity contribution is 5.94. The summed E-state index contributed by atoms with van der Waals surface area (Å²) in [4.78, 5) is 68.9. The number of nitrogens with one attached hydrogen (secondary N) is 3. The second-order valence-electron chi connectivity index (χ2n) is 8.64. The maximum atomic E-state index is 13.3. The number of H-pyrrole nitrogens is 1. The van der Waals surface area contributed by atoms with E-state index in [9.17, 15) is 29.1 Å². The van der Waals surface area contributed by atoms with Gasteiger partial charge in [-0.15, -0.1) is 0 Å². The first kappa shape index (κ1) is 26.8. The average molecular weight is 481 g/mol. The van der Waals surface area contributed by atoms with E-state index in [-0.39, 0.29) is 31.7 Å². The van der Waals surface area contributed by atoms with Crippen LogP contribution < -0.4 is 16.4 Å². The van der Waals surface area contributed by atoms with Gasteiger partial charge < -0.3 is 36.5 Å². The van der Waals surface area contributed by atoms with Gasteiger partial charge in [0, 0.05) is 31.3 Å². The molecule has 2 heterocycles. The first-order chi connectivity index (χ1) is 16.0. The second-order valence-corrected chi connectivity index (χ2v) is 8.64. The monoisotopic (exact) mass is 480 g/mol. The first-order valence-electron chi connectivity index (χ1n) is 11.1. The van der Waals surface area contributed by atoms with E-state index in [1.807, 2.05) is 0 Å². The third-order valence-electron chi connectivity index (χ3n) is 5.67. The predicted molar refractivity (Wildman–Crippen MR) is 118 cm³/mol. The Morgan fingerprint density at radius 2 is 1.94 bits per heavy atom. The summed E-state index contributed by atoms with van der Waals surface area (Å²) in [6.45, 7) is 3.72. The Morgan fingerprint density at radius 1 is 1.24 bits per heavy atom.